The third kappa shape index (κ3) is 2.51. The molecule has 0 aliphatic carbocycles. The molecule has 1 aliphatic rings. The van der Waals surface area contributed by atoms with Crippen molar-refractivity contribution in [3.8, 4) is 0 Å². The summed E-state index contributed by atoms with van der Waals surface area (Å²) in [5, 5.41) is 0.953. The number of piperazine rings is 1. The smallest absolute Gasteiger partial charge is 0.256 e. The first-order valence-electron chi connectivity index (χ1n) is 7.34. The molecule has 3 rings (SSSR count). The normalized spacial score (nSPS) is 15.5. The highest BCUT2D eigenvalue weighted by Crippen LogP contribution is 2.20. The number of fused-ring (bicyclic) bond motifs is 1. The van der Waals surface area contributed by atoms with Crippen molar-refractivity contribution in [1.82, 2.24) is 14.8 Å². The summed E-state index contributed by atoms with van der Waals surface area (Å²) in [7, 11) is 0. The van der Waals surface area contributed by atoms with Gasteiger partial charge in [0.25, 0.3) is 5.91 Å². The predicted octanol–water partition coefficient (Wildman–Crippen LogP) is 1.86. The van der Waals surface area contributed by atoms with E-state index in [-0.39, 0.29) is 11.8 Å². The van der Waals surface area contributed by atoms with E-state index in [4.69, 9.17) is 0 Å². The van der Waals surface area contributed by atoms with Gasteiger partial charge in [0, 0.05) is 49.7 Å². The lowest BCUT2D eigenvalue weighted by molar-refractivity contribution is -0.132. The minimum Gasteiger partial charge on any atom is -0.360 e. The number of aromatic nitrogens is 1. The third-order valence-corrected chi connectivity index (χ3v) is 4.04. The molecule has 1 aromatic heterocycles. The van der Waals surface area contributed by atoms with Crippen LogP contribution < -0.4 is 0 Å². The predicted molar refractivity (Wildman–Crippen MR) is 81.1 cm³/mol. The van der Waals surface area contributed by atoms with Crippen LogP contribution in [0.2, 0.25) is 0 Å². The molecule has 2 heterocycles. The molecule has 0 unspecified atom stereocenters. The molecule has 0 bridgehead atoms. The van der Waals surface area contributed by atoms with Crippen molar-refractivity contribution < 1.29 is 9.59 Å². The summed E-state index contributed by atoms with van der Waals surface area (Å²) >= 11 is 0. The quantitative estimate of drug-likeness (QED) is 0.915. The molecular weight excluding hydrogens is 266 g/mol. The maximum Gasteiger partial charge on any atom is 0.256 e. The third-order valence-electron chi connectivity index (χ3n) is 4.04. The summed E-state index contributed by atoms with van der Waals surface area (Å²) in [6.45, 7) is 4.32. The standard InChI is InChI=1S/C16H19N3O2/c1-2-15(20)18-7-9-19(10-8-18)16(21)13-11-17-14-6-4-3-5-12(13)14/h3-6,11,17H,2,7-10H2,1H3. The summed E-state index contributed by atoms with van der Waals surface area (Å²) in [6, 6.07) is 7.80. The topological polar surface area (TPSA) is 56.4 Å². The van der Waals surface area contributed by atoms with Gasteiger partial charge < -0.3 is 14.8 Å². The summed E-state index contributed by atoms with van der Waals surface area (Å²) in [4.78, 5) is 31.1. The first-order valence-corrected chi connectivity index (χ1v) is 7.34. The van der Waals surface area contributed by atoms with E-state index in [1.165, 1.54) is 0 Å². The highest BCUT2D eigenvalue weighted by molar-refractivity contribution is 6.06. The fourth-order valence-corrected chi connectivity index (χ4v) is 2.80. The summed E-state index contributed by atoms with van der Waals surface area (Å²) in [6.07, 6.45) is 2.30. The highest BCUT2D eigenvalue weighted by atomic mass is 16.2. The first-order chi connectivity index (χ1) is 10.2. The number of hydrogen-bond donors (Lipinski definition) is 1. The number of carbonyl (C=O) groups is 2. The summed E-state index contributed by atoms with van der Waals surface area (Å²) in [5.74, 6) is 0.199. The number of nitrogens with one attached hydrogen (secondary N) is 1. The van der Waals surface area contributed by atoms with Crippen molar-refractivity contribution in [2.24, 2.45) is 0 Å². The van der Waals surface area contributed by atoms with E-state index in [1.807, 2.05) is 41.0 Å². The molecule has 110 valence electrons. The number of rotatable bonds is 2. The molecule has 1 N–H and O–H groups in total. The van der Waals surface area contributed by atoms with Crippen LogP contribution in [0, 0.1) is 0 Å². The molecule has 1 fully saturated rings. The lowest BCUT2D eigenvalue weighted by Crippen LogP contribution is -2.50. The Morgan fingerprint density at radius 2 is 1.76 bits per heavy atom. The van der Waals surface area contributed by atoms with Crippen molar-refractivity contribution in [1.29, 1.82) is 0 Å². The zero-order chi connectivity index (χ0) is 14.8. The molecule has 21 heavy (non-hydrogen) atoms. The molecule has 2 amide bonds. The van der Waals surface area contributed by atoms with Crippen LogP contribution in [0.15, 0.2) is 30.5 Å². The minimum atomic E-state index is 0.0380. The van der Waals surface area contributed by atoms with Crippen LogP contribution in [0.1, 0.15) is 23.7 Å². The lowest BCUT2D eigenvalue weighted by atomic mass is 10.1. The fourth-order valence-electron chi connectivity index (χ4n) is 2.80. The van der Waals surface area contributed by atoms with E-state index in [9.17, 15) is 9.59 Å². The molecule has 0 saturated carbocycles. The van der Waals surface area contributed by atoms with Crippen LogP contribution in [0.5, 0.6) is 0 Å². The number of amides is 2. The number of benzene rings is 1. The SMILES string of the molecule is CCC(=O)N1CCN(C(=O)c2c[nH]c3ccccc23)CC1. The Morgan fingerprint density at radius 1 is 1.10 bits per heavy atom. The van der Waals surface area contributed by atoms with Gasteiger partial charge >= 0.3 is 0 Å². The van der Waals surface area contributed by atoms with Crippen LogP contribution in [0.4, 0.5) is 0 Å². The maximum absolute atomic E-state index is 12.6. The van der Waals surface area contributed by atoms with Gasteiger partial charge in [0.2, 0.25) is 5.91 Å². The molecule has 1 aliphatic heterocycles. The van der Waals surface area contributed by atoms with Crippen molar-refractivity contribution in [3.05, 3.63) is 36.0 Å². The molecule has 5 nitrogen and oxygen atoms in total. The maximum atomic E-state index is 12.6. The van der Waals surface area contributed by atoms with Crippen molar-refractivity contribution in [2.45, 2.75) is 13.3 Å². The first kappa shape index (κ1) is 13.7. The van der Waals surface area contributed by atoms with Gasteiger partial charge in [-0.3, -0.25) is 9.59 Å². The van der Waals surface area contributed by atoms with Gasteiger partial charge in [0.05, 0.1) is 5.56 Å². The van der Waals surface area contributed by atoms with Gasteiger partial charge in [-0.05, 0) is 6.07 Å². The average molecular weight is 285 g/mol. The Hall–Kier alpha value is -2.30. The van der Waals surface area contributed by atoms with Gasteiger partial charge in [-0.25, -0.2) is 0 Å². The molecule has 5 heteroatoms. The number of carbonyl (C=O) groups excluding carboxylic acids is 2. The van der Waals surface area contributed by atoms with Gasteiger partial charge in [-0.15, -0.1) is 0 Å². The van der Waals surface area contributed by atoms with Crippen LogP contribution in [0.3, 0.4) is 0 Å². The number of aromatic amines is 1. The Balaban J connectivity index is 1.74. The van der Waals surface area contributed by atoms with E-state index in [0.717, 1.165) is 10.9 Å². The van der Waals surface area contributed by atoms with E-state index >= 15 is 0 Å². The fraction of sp³-hybridized carbons (Fsp3) is 0.375. The van der Waals surface area contributed by atoms with Crippen LogP contribution in [-0.4, -0.2) is 52.8 Å². The highest BCUT2D eigenvalue weighted by Gasteiger charge is 2.25. The number of para-hydroxylation sites is 1. The van der Waals surface area contributed by atoms with E-state index in [2.05, 4.69) is 4.98 Å². The van der Waals surface area contributed by atoms with Gasteiger partial charge in [0.1, 0.15) is 0 Å². The van der Waals surface area contributed by atoms with Gasteiger partial charge in [-0.1, -0.05) is 25.1 Å². The van der Waals surface area contributed by atoms with Crippen LogP contribution in [0.25, 0.3) is 10.9 Å². The molecule has 0 spiro atoms. The summed E-state index contributed by atoms with van der Waals surface area (Å²) < 4.78 is 0. The number of nitrogens with zero attached hydrogens (tertiary/aromatic N) is 2. The van der Waals surface area contributed by atoms with Crippen LogP contribution in [-0.2, 0) is 4.79 Å². The molecule has 0 atom stereocenters. The Labute approximate surface area is 123 Å². The summed E-state index contributed by atoms with van der Waals surface area (Å²) in [5.41, 5.74) is 1.68. The van der Waals surface area contributed by atoms with Gasteiger partial charge in [0.15, 0.2) is 0 Å². The second kappa shape index (κ2) is 5.60. The zero-order valence-corrected chi connectivity index (χ0v) is 12.1. The molecule has 0 radical (unpaired) electrons. The molecule has 1 aromatic carbocycles. The Kier molecular flexibility index (Phi) is 3.64. The molecular formula is C16H19N3O2. The number of H-pyrrole nitrogens is 1. The van der Waals surface area contributed by atoms with Crippen molar-refractivity contribution in [2.75, 3.05) is 26.2 Å². The van der Waals surface area contributed by atoms with Crippen molar-refractivity contribution >= 4 is 22.7 Å². The monoisotopic (exact) mass is 285 g/mol. The largest absolute Gasteiger partial charge is 0.360 e. The molecule has 1 saturated heterocycles. The number of hydrogen-bond acceptors (Lipinski definition) is 2. The van der Waals surface area contributed by atoms with Gasteiger partial charge in [-0.2, -0.15) is 0 Å². The van der Waals surface area contributed by atoms with E-state index in [0.29, 0.717) is 38.2 Å². The minimum absolute atomic E-state index is 0.0380. The van der Waals surface area contributed by atoms with Crippen molar-refractivity contribution in [3.63, 3.8) is 0 Å². The second-order valence-electron chi connectivity index (χ2n) is 5.27. The molecule has 2 aromatic rings. The van der Waals surface area contributed by atoms with Crippen LogP contribution >= 0.6 is 0 Å². The Bertz CT molecular complexity index is 669. The lowest BCUT2D eigenvalue weighted by Gasteiger charge is -2.34. The van der Waals surface area contributed by atoms with E-state index < -0.39 is 0 Å². The zero-order valence-electron chi connectivity index (χ0n) is 12.1. The second-order valence-corrected chi connectivity index (χ2v) is 5.27. The van der Waals surface area contributed by atoms with E-state index in [1.54, 1.807) is 6.20 Å². The average Bonchev–Trinajstić information content (AvgIpc) is 2.97. The Morgan fingerprint density at radius 3 is 2.48 bits per heavy atom.